The maximum Gasteiger partial charge on any atom is 0.123 e. The molecular formula is C16H19FN2O. The van der Waals surface area contributed by atoms with Crippen molar-refractivity contribution in [2.75, 3.05) is 0 Å². The fourth-order valence-corrected chi connectivity index (χ4v) is 2.10. The molecule has 0 saturated heterocycles. The van der Waals surface area contributed by atoms with E-state index < -0.39 is 0 Å². The van der Waals surface area contributed by atoms with Crippen LogP contribution in [0.15, 0.2) is 30.3 Å². The van der Waals surface area contributed by atoms with Crippen LogP contribution in [0.5, 0.6) is 0 Å². The Balaban J connectivity index is 2.46. The average Bonchev–Trinajstić information content (AvgIpc) is 2.81. The van der Waals surface area contributed by atoms with Gasteiger partial charge in [-0.15, -0.1) is 0 Å². The van der Waals surface area contributed by atoms with Crippen LogP contribution in [-0.4, -0.2) is 16.1 Å². The molecule has 2 aromatic rings. The molecule has 0 aliphatic rings. The number of nitrogens with zero attached hydrogens (tertiary/aromatic N) is 2. The Morgan fingerprint density at radius 2 is 1.90 bits per heavy atom. The van der Waals surface area contributed by atoms with Gasteiger partial charge < -0.3 is 4.79 Å². The highest BCUT2D eigenvalue weighted by atomic mass is 19.1. The second kappa shape index (κ2) is 5.57. The fourth-order valence-electron chi connectivity index (χ4n) is 2.10. The molecule has 0 atom stereocenters. The van der Waals surface area contributed by atoms with Gasteiger partial charge in [-0.3, -0.25) is 4.68 Å². The van der Waals surface area contributed by atoms with E-state index in [9.17, 15) is 9.18 Å². The van der Waals surface area contributed by atoms with Crippen LogP contribution in [0.4, 0.5) is 4.39 Å². The standard InChI is InChI=1S/C16H19FN2O/c1-16(2,3)19-15(11-14(18-19)5-4-10-20)12-6-8-13(17)9-7-12/h6-11H,4-5H2,1-3H3. The van der Waals surface area contributed by atoms with Gasteiger partial charge >= 0.3 is 0 Å². The van der Waals surface area contributed by atoms with Crippen molar-refractivity contribution in [3.8, 4) is 11.3 Å². The van der Waals surface area contributed by atoms with Crippen LogP contribution in [-0.2, 0) is 16.8 Å². The Hall–Kier alpha value is -1.97. The van der Waals surface area contributed by atoms with Crippen molar-refractivity contribution in [2.45, 2.75) is 39.2 Å². The van der Waals surface area contributed by atoms with Crippen molar-refractivity contribution in [3.63, 3.8) is 0 Å². The molecule has 0 N–H and O–H groups in total. The van der Waals surface area contributed by atoms with E-state index in [4.69, 9.17) is 0 Å². The smallest absolute Gasteiger partial charge is 0.123 e. The van der Waals surface area contributed by atoms with E-state index in [2.05, 4.69) is 25.9 Å². The van der Waals surface area contributed by atoms with Gasteiger partial charge in [-0.25, -0.2) is 4.39 Å². The topological polar surface area (TPSA) is 34.9 Å². The molecule has 3 nitrogen and oxygen atoms in total. The minimum Gasteiger partial charge on any atom is -0.303 e. The Kier molecular flexibility index (Phi) is 4.02. The van der Waals surface area contributed by atoms with E-state index >= 15 is 0 Å². The summed E-state index contributed by atoms with van der Waals surface area (Å²) in [5.74, 6) is -0.253. The number of carbonyl (C=O) groups excluding carboxylic acids is 1. The Bertz CT molecular complexity index is 594. The molecule has 0 bridgehead atoms. The summed E-state index contributed by atoms with van der Waals surface area (Å²) in [5.41, 5.74) is 2.57. The number of halogens is 1. The SMILES string of the molecule is CC(C)(C)n1nc(CCC=O)cc1-c1ccc(F)cc1. The van der Waals surface area contributed by atoms with Gasteiger partial charge in [-0.1, -0.05) is 0 Å². The molecule has 0 spiro atoms. The third kappa shape index (κ3) is 3.13. The van der Waals surface area contributed by atoms with Crippen molar-refractivity contribution in [1.29, 1.82) is 0 Å². The minimum atomic E-state index is -0.253. The van der Waals surface area contributed by atoms with Crippen LogP contribution >= 0.6 is 0 Å². The first-order valence-corrected chi connectivity index (χ1v) is 6.71. The molecule has 0 unspecified atom stereocenters. The van der Waals surface area contributed by atoms with E-state index in [1.807, 2.05) is 10.7 Å². The molecular weight excluding hydrogens is 255 g/mol. The molecule has 106 valence electrons. The summed E-state index contributed by atoms with van der Waals surface area (Å²) < 4.78 is 15.0. The zero-order valence-corrected chi connectivity index (χ0v) is 12.1. The van der Waals surface area contributed by atoms with Crippen LogP contribution in [0.3, 0.4) is 0 Å². The number of rotatable bonds is 4. The quantitative estimate of drug-likeness (QED) is 0.799. The largest absolute Gasteiger partial charge is 0.303 e. The molecule has 4 heteroatoms. The number of hydrogen-bond acceptors (Lipinski definition) is 2. The van der Waals surface area contributed by atoms with E-state index in [1.54, 1.807) is 12.1 Å². The lowest BCUT2D eigenvalue weighted by Gasteiger charge is -2.22. The number of carbonyl (C=O) groups is 1. The normalized spacial score (nSPS) is 11.6. The van der Waals surface area contributed by atoms with Crippen LogP contribution < -0.4 is 0 Å². The van der Waals surface area contributed by atoms with Gasteiger partial charge in [-0.05, 0) is 57.5 Å². The van der Waals surface area contributed by atoms with Crippen molar-refractivity contribution < 1.29 is 9.18 Å². The Labute approximate surface area is 118 Å². The zero-order chi connectivity index (χ0) is 14.8. The summed E-state index contributed by atoms with van der Waals surface area (Å²) in [6.45, 7) is 6.20. The molecule has 1 heterocycles. The highest BCUT2D eigenvalue weighted by molar-refractivity contribution is 5.60. The van der Waals surface area contributed by atoms with Gasteiger partial charge in [0.25, 0.3) is 0 Å². The summed E-state index contributed by atoms with van der Waals surface area (Å²) in [5, 5.41) is 4.58. The molecule has 0 aliphatic carbocycles. The Morgan fingerprint density at radius 1 is 1.25 bits per heavy atom. The Morgan fingerprint density at radius 3 is 2.45 bits per heavy atom. The van der Waals surface area contributed by atoms with Crippen molar-refractivity contribution in [1.82, 2.24) is 9.78 Å². The number of aldehydes is 1. The van der Waals surface area contributed by atoms with Gasteiger partial charge in [0.05, 0.1) is 16.9 Å². The number of aryl methyl sites for hydroxylation is 1. The van der Waals surface area contributed by atoms with Gasteiger partial charge in [0.1, 0.15) is 12.1 Å². The van der Waals surface area contributed by atoms with Crippen molar-refractivity contribution in [3.05, 3.63) is 41.8 Å². The summed E-state index contributed by atoms with van der Waals surface area (Å²) in [6, 6.07) is 8.36. The second-order valence-corrected chi connectivity index (χ2v) is 5.82. The van der Waals surface area contributed by atoms with Crippen LogP contribution in [0.1, 0.15) is 32.9 Å². The average molecular weight is 274 g/mol. The third-order valence-corrected chi connectivity index (χ3v) is 3.05. The highest BCUT2D eigenvalue weighted by Gasteiger charge is 2.20. The highest BCUT2D eigenvalue weighted by Crippen LogP contribution is 2.27. The molecule has 0 fully saturated rings. The maximum absolute atomic E-state index is 13.0. The monoisotopic (exact) mass is 274 g/mol. The predicted octanol–water partition coefficient (Wildman–Crippen LogP) is 3.58. The summed E-state index contributed by atoms with van der Waals surface area (Å²) in [4.78, 5) is 10.5. The lowest BCUT2D eigenvalue weighted by atomic mass is 10.1. The van der Waals surface area contributed by atoms with Gasteiger partial charge in [-0.2, -0.15) is 5.10 Å². The lowest BCUT2D eigenvalue weighted by Crippen LogP contribution is -2.24. The first kappa shape index (κ1) is 14.4. The molecule has 0 saturated carbocycles. The summed E-state index contributed by atoms with van der Waals surface area (Å²) in [7, 11) is 0. The van der Waals surface area contributed by atoms with E-state index in [-0.39, 0.29) is 11.4 Å². The maximum atomic E-state index is 13.0. The van der Waals surface area contributed by atoms with Gasteiger partial charge in [0.15, 0.2) is 0 Å². The lowest BCUT2D eigenvalue weighted by molar-refractivity contribution is -0.107. The van der Waals surface area contributed by atoms with Crippen LogP contribution in [0.25, 0.3) is 11.3 Å². The zero-order valence-electron chi connectivity index (χ0n) is 12.1. The molecule has 1 aromatic heterocycles. The van der Waals surface area contributed by atoms with Gasteiger partial charge in [0.2, 0.25) is 0 Å². The number of benzene rings is 1. The first-order chi connectivity index (χ1) is 9.41. The van der Waals surface area contributed by atoms with Crippen LogP contribution in [0.2, 0.25) is 0 Å². The van der Waals surface area contributed by atoms with Crippen LogP contribution in [0, 0.1) is 5.82 Å². The molecule has 0 amide bonds. The molecule has 0 radical (unpaired) electrons. The van der Waals surface area contributed by atoms with E-state index in [1.165, 1.54) is 12.1 Å². The number of hydrogen-bond donors (Lipinski definition) is 0. The molecule has 20 heavy (non-hydrogen) atoms. The molecule has 0 aliphatic heterocycles. The summed E-state index contributed by atoms with van der Waals surface area (Å²) >= 11 is 0. The van der Waals surface area contributed by atoms with E-state index in [0.717, 1.165) is 23.2 Å². The second-order valence-electron chi connectivity index (χ2n) is 5.82. The fraction of sp³-hybridized carbons (Fsp3) is 0.375. The van der Waals surface area contributed by atoms with Crippen molar-refractivity contribution in [2.24, 2.45) is 0 Å². The third-order valence-electron chi connectivity index (χ3n) is 3.05. The molecule has 2 rings (SSSR count). The first-order valence-electron chi connectivity index (χ1n) is 6.71. The minimum absolute atomic E-state index is 0.177. The van der Waals surface area contributed by atoms with Gasteiger partial charge in [0, 0.05) is 12.0 Å². The number of aromatic nitrogens is 2. The molecule has 1 aromatic carbocycles. The van der Waals surface area contributed by atoms with Crippen molar-refractivity contribution >= 4 is 6.29 Å². The van der Waals surface area contributed by atoms with E-state index in [0.29, 0.717) is 12.8 Å². The predicted molar refractivity (Wildman–Crippen MR) is 77.0 cm³/mol. The summed E-state index contributed by atoms with van der Waals surface area (Å²) in [6.07, 6.45) is 1.98.